The number of nitrogens with one attached hydrogen (secondary N) is 1. The summed E-state index contributed by atoms with van der Waals surface area (Å²) in [5, 5.41) is 5.13. The zero-order chi connectivity index (χ0) is 27.0. The van der Waals surface area contributed by atoms with E-state index in [1.165, 1.54) is 0 Å². The summed E-state index contributed by atoms with van der Waals surface area (Å²) in [5.74, 6) is 0.937. The largest absolute Gasteiger partial charge is 0.461 e. The van der Waals surface area contributed by atoms with Crippen LogP contribution in [0.25, 0.3) is 33.0 Å². The third-order valence-electron chi connectivity index (χ3n) is 9.46. The number of hydrogen-bond donors (Lipinski definition) is 1. The molecule has 2 aromatic carbocycles. The van der Waals surface area contributed by atoms with Gasteiger partial charge in [0.1, 0.15) is 35.5 Å². The van der Waals surface area contributed by atoms with Gasteiger partial charge in [0.2, 0.25) is 0 Å². The number of piperazine rings is 1. The van der Waals surface area contributed by atoms with E-state index in [4.69, 9.17) is 19.1 Å². The van der Waals surface area contributed by atoms with Crippen molar-refractivity contribution in [2.24, 2.45) is 0 Å². The van der Waals surface area contributed by atoms with Gasteiger partial charge in [-0.1, -0.05) is 30.3 Å². The minimum Gasteiger partial charge on any atom is -0.461 e. The van der Waals surface area contributed by atoms with E-state index >= 15 is 4.39 Å². The van der Waals surface area contributed by atoms with E-state index in [0.717, 1.165) is 56.3 Å². The Bertz CT molecular complexity index is 1600. The molecule has 0 radical (unpaired) electrons. The third-order valence-corrected chi connectivity index (χ3v) is 9.46. The summed E-state index contributed by atoms with van der Waals surface area (Å²) in [7, 11) is 0. The topological polar surface area (TPSA) is 66.7 Å². The fraction of sp³-hybridized carbons (Fsp3) is 0.484. The Hall–Kier alpha value is -3.30. The average molecular weight is 546 g/mol. The summed E-state index contributed by atoms with van der Waals surface area (Å²) in [6.07, 6.45) is 3.74. The first-order chi connectivity index (χ1) is 19.5. The summed E-state index contributed by atoms with van der Waals surface area (Å²) in [4.78, 5) is 14.1. The Kier molecular flexibility index (Phi) is 5.58. The van der Waals surface area contributed by atoms with E-state index in [1.807, 2.05) is 43.3 Å². The molecule has 6 heterocycles. The molecule has 0 saturated carbocycles. The highest BCUT2D eigenvalue weighted by molar-refractivity contribution is 6.15. The Morgan fingerprint density at radius 1 is 1.12 bits per heavy atom. The standard InChI is InChI=1S/C31H33F2N5O2/c1-18-12-23-25-27(26(33)24(28(23)40-18)19-6-3-2-4-7-19)35-30(36-29(25)37-15-21-8-9-22(16-37)34-21)39-17-31-10-5-11-38(31)14-20(32)13-31/h2-4,6-7,12,20-22,34H,5,8-11,13-17H2,1H3/t20-,21-,22+,31+/m1/s1. The molecular formula is C31H33F2N5O2. The normalized spacial score (nSPS) is 28.2. The van der Waals surface area contributed by atoms with E-state index in [1.54, 1.807) is 0 Å². The van der Waals surface area contributed by atoms with Crippen molar-refractivity contribution in [3.63, 3.8) is 0 Å². The summed E-state index contributed by atoms with van der Waals surface area (Å²) in [6, 6.07) is 12.3. The molecule has 4 saturated heterocycles. The zero-order valence-electron chi connectivity index (χ0n) is 22.6. The molecule has 4 aromatic rings. The number of nitrogens with zero attached hydrogens (tertiary/aromatic N) is 4. The zero-order valence-corrected chi connectivity index (χ0v) is 22.6. The molecule has 9 heteroatoms. The lowest BCUT2D eigenvalue weighted by Crippen LogP contribution is -2.51. The van der Waals surface area contributed by atoms with E-state index in [9.17, 15) is 4.39 Å². The summed E-state index contributed by atoms with van der Waals surface area (Å²) < 4.78 is 43.6. The molecule has 208 valence electrons. The number of aromatic nitrogens is 2. The number of furan rings is 1. The van der Waals surface area contributed by atoms with Crippen molar-refractivity contribution >= 4 is 27.7 Å². The monoisotopic (exact) mass is 545 g/mol. The van der Waals surface area contributed by atoms with Crippen LogP contribution in [0.1, 0.15) is 37.9 Å². The Labute approximate surface area is 231 Å². The molecule has 2 bridgehead atoms. The van der Waals surface area contributed by atoms with Gasteiger partial charge in [0.15, 0.2) is 5.82 Å². The molecule has 4 aliphatic rings. The van der Waals surface area contributed by atoms with Crippen molar-refractivity contribution in [2.45, 2.75) is 62.8 Å². The van der Waals surface area contributed by atoms with Gasteiger partial charge in [-0.05, 0) is 50.8 Å². The maximum Gasteiger partial charge on any atom is 0.319 e. The van der Waals surface area contributed by atoms with Gasteiger partial charge in [0.25, 0.3) is 0 Å². The summed E-state index contributed by atoms with van der Waals surface area (Å²) in [5.41, 5.74) is 1.51. The minimum absolute atomic E-state index is 0.148. The van der Waals surface area contributed by atoms with Crippen LogP contribution < -0.4 is 15.0 Å². The van der Waals surface area contributed by atoms with Crippen LogP contribution in [0.3, 0.4) is 0 Å². The number of anilines is 1. The van der Waals surface area contributed by atoms with Gasteiger partial charge in [-0.3, -0.25) is 4.90 Å². The molecular weight excluding hydrogens is 512 g/mol. The van der Waals surface area contributed by atoms with Crippen molar-refractivity contribution < 1.29 is 17.9 Å². The number of halogens is 2. The highest BCUT2D eigenvalue weighted by Crippen LogP contribution is 2.44. The lowest BCUT2D eigenvalue weighted by molar-refractivity contribution is 0.107. The van der Waals surface area contributed by atoms with Gasteiger partial charge in [-0.25, -0.2) is 8.78 Å². The van der Waals surface area contributed by atoms with Crippen LogP contribution >= 0.6 is 0 Å². The SMILES string of the molecule is Cc1cc2c(o1)c(-c1ccccc1)c(F)c1nc(OC[C@@]34CCCN3C[C@H](F)C4)nc(N3C[C@H]4CC[C@@H](C3)N4)c12. The number of benzene rings is 2. The molecule has 40 heavy (non-hydrogen) atoms. The second-order valence-corrected chi connectivity index (χ2v) is 12.1. The van der Waals surface area contributed by atoms with Crippen molar-refractivity contribution in [2.75, 3.05) is 37.7 Å². The van der Waals surface area contributed by atoms with Crippen LogP contribution in [0.15, 0.2) is 40.8 Å². The first-order valence-corrected chi connectivity index (χ1v) is 14.5. The van der Waals surface area contributed by atoms with Gasteiger partial charge in [-0.2, -0.15) is 9.97 Å². The van der Waals surface area contributed by atoms with Crippen molar-refractivity contribution in [3.05, 3.63) is 48.0 Å². The van der Waals surface area contributed by atoms with E-state index in [-0.39, 0.29) is 17.1 Å². The molecule has 1 N–H and O–H groups in total. The van der Waals surface area contributed by atoms with Crippen LogP contribution in [0.4, 0.5) is 14.6 Å². The van der Waals surface area contributed by atoms with Gasteiger partial charge >= 0.3 is 6.01 Å². The number of ether oxygens (including phenoxy) is 1. The van der Waals surface area contributed by atoms with Gasteiger partial charge < -0.3 is 19.4 Å². The lowest BCUT2D eigenvalue weighted by atomic mass is 9.95. The fourth-order valence-corrected chi connectivity index (χ4v) is 7.71. The Morgan fingerprint density at radius 3 is 2.73 bits per heavy atom. The first kappa shape index (κ1) is 24.5. The summed E-state index contributed by atoms with van der Waals surface area (Å²) in [6.45, 7) is 5.07. The molecule has 4 fully saturated rings. The van der Waals surface area contributed by atoms with Crippen LogP contribution in [0.5, 0.6) is 6.01 Å². The van der Waals surface area contributed by atoms with E-state index < -0.39 is 12.0 Å². The molecule has 7 nitrogen and oxygen atoms in total. The summed E-state index contributed by atoms with van der Waals surface area (Å²) >= 11 is 0. The van der Waals surface area contributed by atoms with Gasteiger partial charge in [-0.15, -0.1) is 0 Å². The number of alkyl halides is 1. The second kappa shape index (κ2) is 9.11. The number of fused-ring (bicyclic) bond motifs is 6. The lowest BCUT2D eigenvalue weighted by Gasteiger charge is -2.35. The molecule has 8 rings (SSSR count). The van der Waals surface area contributed by atoms with Crippen molar-refractivity contribution in [3.8, 4) is 17.1 Å². The maximum absolute atomic E-state index is 16.7. The predicted molar refractivity (Wildman–Crippen MR) is 150 cm³/mol. The van der Waals surface area contributed by atoms with Crippen LogP contribution in [-0.4, -0.2) is 71.4 Å². The highest BCUT2D eigenvalue weighted by Gasteiger charge is 2.49. The second-order valence-electron chi connectivity index (χ2n) is 12.1. The molecule has 0 amide bonds. The van der Waals surface area contributed by atoms with E-state index in [2.05, 4.69) is 15.1 Å². The highest BCUT2D eigenvalue weighted by atomic mass is 19.1. The fourth-order valence-electron chi connectivity index (χ4n) is 7.71. The predicted octanol–water partition coefficient (Wildman–Crippen LogP) is 5.39. The Balaban J connectivity index is 1.31. The molecule has 4 aliphatic heterocycles. The smallest absolute Gasteiger partial charge is 0.319 e. The van der Waals surface area contributed by atoms with Gasteiger partial charge in [0, 0.05) is 43.5 Å². The molecule has 0 unspecified atom stereocenters. The Morgan fingerprint density at radius 2 is 1.93 bits per heavy atom. The minimum atomic E-state index is -0.850. The molecule has 0 spiro atoms. The van der Waals surface area contributed by atoms with Crippen molar-refractivity contribution in [1.29, 1.82) is 0 Å². The van der Waals surface area contributed by atoms with Crippen LogP contribution in [-0.2, 0) is 0 Å². The maximum atomic E-state index is 16.7. The van der Waals surface area contributed by atoms with Crippen molar-refractivity contribution in [1.82, 2.24) is 20.2 Å². The quantitative estimate of drug-likeness (QED) is 0.361. The number of rotatable bonds is 5. The molecule has 2 aromatic heterocycles. The average Bonchev–Trinajstić information content (AvgIpc) is 3.69. The first-order valence-electron chi connectivity index (χ1n) is 14.5. The molecule has 4 atom stereocenters. The van der Waals surface area contributed by atoms with Crippen LogP contribution in [0, 0.1) is 12.7 Å². The number of aryl methyl sites for hydroxylation is 1. The number of hydrogen-bond acceptors (Lipinski definition) is 7. The van der Waals surface area contributed by atoms with Gasteiger partial charge in [0.05, 0.1) is 16.5 Å². The van der Waals surface area contributed by atoms with Crippen LogP contribution in [0.2, 0.25) is 0 Å². The third kappa shape index (κ3) is 3.81. The molecule has 0 aliphatic carbocycles. The van der Waals surface area contributed by atoms with E-state index in [0.29, 0.717) is 59.8 Å².